The topological polar surface area (TPSA) is 35.2 Å². The van der Waals surface area contributed by atoms with E-state index in [4.69, 9.17) is 0 Å². The number of piperazine rings is 1. The summed E-state index contributed by atoms with van der Waals surface area (Å²) in [6.07, 6.45) is 6.10. The molecular weight excluding hydrogens is 308 g/mol. The van der Waals surface area contributed by atoms with E-state index < -0.39 is 0 Å². The smallest absolute Gasteiger partial charge is 0.135 e. The van der Waals surface area contributed by atoms with Gasteiger partial charge in [0.2, 0.25) is 0 Å². The highest BCUT2D eigenvalue weighted by Gasteiger charge is 2.20. The molecule has 4 rings (SSSR count). The fraction of sp³-hybridized carbons (Fsp3) is 0.286. The number of fused-ring (bicyclic) bond motifs is 1. The van der Waals surface area contributed by atoms with Gasteiger partial charge in [0.15, 0.2) is 0 Å². The van der Waals surface area contributed by atoms with Gasteiger partial charge in [-0.1, -0.05) is 30.4 Å². The molecule has 2 aromatic heterocycles. The third-order valence-corrected chi connectivity index (χ3v) is 4.81. The molecule has 3 heterocycles. The van der Waals surface area contributed by atoms with Crippen LogP contribution in [0.25, 0.3) is 17.0 Å². The highest BCUT2D eigenvalue weighted by atomic mass is 15.3. The molecule has 25 heavy (non-hydrogen) atoms. The Morgan fingerprint density at radius 1 is 1.08 bits per heavy atom. The number of hydrogen-bond donors (Lipinski definition) is 1. The first-order valence-electron chi connectivity index (χ1n) is 8.95. The Kier molecular flexibility index (Phi) is 4.53. The highest BCUT2D eigenvalue weighted by Crippen LogP contribution is 2.21. The molecule has 1 aromatic carbocycles. The summed E-state index contributed by atoms with van der Waals surface area (Å²) in [6.45, 7) is 7.17. The zero-order valence-corrected chi connectivity index (χ0v) is 14.7. The minimum Gasteiger partial charge on any atom is -0.357 e. The first-order chi connectivity index (χ1) is 12.3. The lowest BCUT2D eigenvalue weighted by Gasteiger charge is -2.35. The van der Waals surface area contributed by atoms with Gasteiger partial charge in [-0.25, -0.2) is 4.98 Å². The number of para-hydroxylation sites is 1. The highest BCUT2D eigenvalue weighted by molar-refractivity contribution is 5.80. The summed E-state index contributed by atoms with van der Waals surface area (Å²) >= 11 is 0. The molecule has 0 radical (unpaired) electrons. The number of allylic oxidation sites excluding steroid dienone is 1. The number of benzene rings is 1. The minimum atomic E-state index is 0.979. The number of aromatic nitrogens is 2. The molecule has 0 unspecified atom stereocenters. The van der Waals surface area contributed by atoms with E-state index in [0.29, 0.717) is 0 Å². The Morgan fingerprint density at radius 3 is 2.72 bits per heavy atom. The van der Waals surface area contributed by atoms with E-state index in [-0.39, 0.29) is 0 Å². The molecule has 128 valence electrons. The van der Waals surface area contributed by atoms with Crippen LogP contribution in [0.4, 0.5) is 5.82 Å². The Hall–Kier alpha value is -2.59. The molecular formula is C21H24N4. The molecule has 3 aromatic rings. The number of rotatable bonds is 4. The van der Waals surface area contributed by atoms with E-state index in [1.165, 1.54) is 22.2 Å². The van der Waals surface area contributed by atoms with Crippen LogP contribution in [-0.2, 0) is 6.54 Å². The Bertz CT molecular complexity index is 839. The summed E-state index contributed by atoms with van der Waals surface area (Å²) in [5.41, 5.74) is 3.72. The van der Waals surface area contributed by atoms with Gasteiger partial charge in [0.25, 0.3) is 0 Å². The largest absolute Gasteiger partial charge is 0.357 e. The lowest BCUT2D eigenvalue weighted by molar-refractivity contribution is 0.247. The van der Waals surface area contributed by atoms with E-state index in [0.717, 1.165) is 38.5 Å². The first kappa shape index (κ1) is 15.9. The molecule has 0 atom stereocenters. The normalized spacial score (nSPS) is 16.1. The monoisotopic (exact) mass is 332 g/mol. The van der Waals surface area contributed by atoms with Gasteiger partial charge in [-0.05, 0) is 36.6 Å². The quantitative estimate of drug-likeness (QED) is 0.786. The van der Waals surface area contributed by atoms with Crippen LogP contribution >= 0.6 is 0 Å². The number of hydrogen-bond acceptors (Lipinski definition) is 3. The number of aromatic amines is 1. The molecule has 1 aliphatic rings. The van der Waals surface area contributed by atoms with Crippen LogP contribution in [0.3, 0.4) is 0 Å². The lowest BCUT2D eigenvalue weighted by atomic mass is 10.2. The Labute approximate surface area is 148 Å². The molecule has 1 aliphatic heterocycles. The van der Waals surface area contributed by atoms with Crippen molar-refractivity contribution in [2.45, 2.75) is 13.5 Å². The minimum absolute atomic E-state index is 0.979. The summed E-state index contributed by atoms with van der Waals surface area (Å²) in [4.78, 5) is 13.1. The van der Waals surface area contributed by atoms with E-state index >= 15 is 0 Å². The maximum absolute atomic E-state index is 4.61. The number of nitrogens with zero attached hydrogens (tertiary/aromatic N) is 3. The van der Waals surface area contributed by atoms with Gasteiger partial charge in [-0.15, -0.1) is 0 Å². The van der Waals surface area contributed by atoms with Crippen LogP contribution < -0.4 is 4.90 Å². The van der Waals surface area contributed by atoms with Crippen molar-refractivity contribution in [3.05, 3.63) is 66.0 Å². The van der Waals surface area contributed by atoms with Crippen LogP contribution in [0.2, 0.25) is 0 Å². The van der Waals surface area contributed by atoms with Crippen molar-refractivity contribution in [3.8, 4) is 0 Å². The second-order valence-electron chi connectivity index (χ2n) is 6.56. The lowest BCUT2D eigenvalue weighted by Crippen LogP contribution is -2.46. The molecule has 1 saturated heterocycles. The van der Waals surface area contributed by atoms with Crippen LogP contribution in [0.5, 0.6) is 0 Å². The molecule has 4 nitrogen and oxygen atoms in total. The van der Waals surface area contributed by atoms with Gasteiger partial charge >= 0.3 is 0 Å². The summed E-state index contributed by atoms with van der Waals surface area (Å²) in [7, 11) is 0. The molecule has 0 bridgehead atoms. The Balaban J connectivity index is 1.41. The third kappa shape index (κ3) is 3.44. The fourth-order valence-corrected chi connectivity index (χ4v) is 3.56. The molecule has 1 fully saturated rings. The van der Waals surface area contributed by atoms with Crippen LogP contribution in [0.15, 0.2) is 54.7 Å². The van der Waals surface area contributed by atoms with Crippen LogP contribution in [-0.4, -0.2) is 41.0 Å². The van der Waals surface area contributed by atoms with Gasteiger partial charge in [-0.3, -0.25) is 4.90 Å². The second-order valence-corrected chi connectivity index (χ2v) is 6.56. The summed E-state index contributed by atoms with van der Waals surface area (Å²) in [5, 5.41) is 1.29. The maximum Gasteiger partial charge on any atom is 0.135 e. The third-order valence-electron chi connectivity index (χ3n) is 4.81. The molecule has 0 aliphatic carbocycles. The standard InChI is InChI=1S/C21H24N4/c1-2-6-17-8-5-10-22-21(17)25-13-11-24(12-14-25)16-19-15-18-7-3-4-9-20(18)23-19/h2-10,15,23H,11-14,16H2,1H3/b6-2+. The zero-order valence-electron chi connectivity index (χ0n) is 14.7. The van der Waals surface area contributed by atoms with Crippen LogP contribution in [0.1, 0.15) is 18.2 Å². The number of anilines is 1. The Morgan fingerprint density at radius 2 is 1.92 bits per heavy atom. The molecule has 4 heteroatoms. The first-order valence-corrected chi connectivity index (χ1v) is 8.95. The van der Waals surface area contributed by atoms with E-state index in [1.807, 2.05) is 12.3 Å². The average Bonchev–Trinajstić information content (AvgIpc) is 3.05. The van der Waals surface area contributed by atoms with Crippen molar-refractivity contribution in [2.75, 3.05) is 31.1 Å². The summed E-state index contributed by atoms with van der Waals surface area (Å²) in [5.74, 6) is 1.10. The van der Waals surface area contributed by atoms with E-state index in [9.17, 15) is 0 Å². The van der Waals surface area contributed by atoms with E-state index in [1.54, 1.807) is 0 Å². The van der Waals surface area contributed by atoms with Crippen molar-refractivity contribution >= 4 is 22.8 Å². The summed E-state index contributed by atoms with van der Waals surface area (Å²) in [6, 6.07) is 14.9. The molecule has 0 amide bonds. The van der Waals surface area contributed by atoms with Crippen molar-refractivity contribution < 1.29 is 0 Å². The van der Waals surface area contributed by atoms with Crippen molar-refractivity contribution in [2.24, 2.45) is 0 Å². The number of pyridine rings is 1. The molecule has 1 N–H and O–H groups in total. The zero-order chi connectivity index (χ0) is 17.1. The van der Waals surface area contributed by atoms with Crippen molar-refractivity contribution in [1.82, 2.24) is 14.9 Å². The van der Waals surface area contributed by atoms with Crippen molar-refractivity contribution in [1.29, 1.82) is 0 Å². The van der Waals surface area contributed by atoms with Gasteiger partial charge < -0.3 is 9.88 Å². The van der Waals surface area contributed by atoms with Gasteiger partial charge in [0.1, 0.15) is 5.82 Å². The van der Waals surface area contributed by atoms with Gasteiger partial charge in [0, 0.05) is 55.7 Å². The van der Waals surface area contributed by atoms with Gasteiger partial charge in [0.05, 0.1) is 0 Å². The van der Waals surface area contributed by atoms with Crippen LogP contribution in [0, 0.1) is 0 Å². The molecule has 0 saturated carbocycles. The maximum atomic E-state index is 4.61. The van der Waals surface area contributed by atoms with Crippen molar-refractivity contribution in [3.63, 3.8) is 0 Å². The predicted molar refractivity (Wildman–Crippen MR) is 105 cm³/mol. The predicted octanol–water partition coefficient (Wildman–Crippen LogP) is 3.92. The second kappa shape index (κ2) is 7.11. The molecule has 0 spiro atoms. The SMILES string of the molecule is C/C=C/c1cccnc1N1CCN(Cc2cc3ccccc3[nH]2)CC1. The average molecular weight is 332 g/mol. The van der Waals surface area contributed by atoms with E-state index in [2.05, 4.69) is 75.2 Å². The fourth-order valence-electron chi connectivity index (χ4n) is 3.56. The van der Waals surface area contributed by atoms with Gasteiger partial charge in [-0.2, -0.15) is 0 Å². The number of H-pyrrole nitrogens is 1. The number of nitrogens with one attached hydrogen (secondary N) is 1. The summed E-state index contributed by atoms with van der Waals surface area (Å²) < 4.78 is 0.